The summed E-state index contributed by atoms with van der Waals surface area (Å²) in [6.07, 6.45) is 3.71. The van der Waals surface area contributed by atoms with Gasteiger partial charge < -0.3 is 9.84 Å². The van der Waals surface area contributed by atoms with Gasteiger partial charge in [-0.1, -0.05) is 74.0 Å². The average Bonchev–Trinajstić information content (AvgIpc) is 2.88. The van der Waals surface area contributed by atoms with Crippen LogP contribution in [0.5, 0.6) is 0 Å². The minimum Gasteiger partial charge on any atom is -0.384 e. The Morgan fingerprint density at radius 1 is 0.972 bits per heavy atom. The van der Waals surface area contributed by atoms with Crippen molar-refractivity contribution in [2.45, 2.75) is 113 Å². The maximum atomic E-state index is 14.3. The SMILES string of the molecule is C[C@H]1C(=O)C[C@@H](C(C)(C)C)O[C@H]2C[C@@]3(C)[C@@H]4CC=C5[C@@H](CC(=O)[C@H](O)C5(C)C)[C@]4(C)C(=O)C[C@]3(C)[C@H]21. The fraction of sp³-hybridized carbons (Fsp3) is 0.839. The van der Waals surface area contributed by atoms with Crippen molar-refractivity contribution in [2.75, 3.05) is 0 Å². The first-order valence-electron chi connectivity index (χ1n) is 14.0. The average molecular weight is 499 g/mol. The van der Waals surface area contributed by atoms with Gasteiger partial charge in [0.25, 0.3) is 0 Å². The van der Waals surface area contributed by atoms with Crippen molar-refractivity contribution in [2.24, 2.45) is 50.7 Å². The topological polar surface area (TPSA) is 80.7 Å². The molecular formula is C31H46O5. The molecule has 0 bridgehead atoms. The number of Topliss-reactive ketones (excluding diaryl/α,β-unsaturated/α-hetero) is 3. The third-order valence-electron chi connectivity index (χ3n) is 12.2. The minimum absolute atomic E-state index is 0.00692. The maximum Gasteiger partial charge on any atom is 0.162 e. The molecule has 200 valence electrons. The number of hydrogen-bond acceptors (Lipinski definition) is 5. The van der Waals surface area contributed by atoms with Crippen LogP contribution in [0.4, 0.5) is 0 Å². The second kappa shape index (κ2) is 7.62. The molecule has 5 nitrogen and oxygen atoms in total. The van der Waals surface area contributed by atoms with Gasteiger partial charge in [0.05, 0.1) is 12.2 Å². The third-order valence-corrected chi connectivity index (χ3v) is 12.2. The molecule has 5 heteroatoms. The molecule has 4 aliphatic carbocycles. The number of aliphatic hydroxyl groups is 1. The number of rotatable bonds is 0. The van der Waals surface area contributed by atoms with Gasteiger partial charge >= 0.3 is 0 Å². The zero-order chi connectivity index (χ0) is 26.8. The number of ether oxygens (including phenoxy) is 1. The Bertz CT molecular complexity index is 1050. The molecule has 10 atom stereocenters. The van der Waals surface area contributed by atoms with Gasteiger partial charge in [0.2, 0.25) is 0 Å². The zero-order valence-corrected chi connectivity index (χ0v) is 23.7. The highest BCUT2D eigenvalue weighted by molar-refractivity contribution is 5.92. The first-order chi connectivity index (χ1) is 16.4. The standard InChI is InChI=1S/C31H46O5/c1-16-19(32)13-24(27(2,3)4)36-21-14-29(7)22-11-10-17-18(12-20(33)26(35)28(17,5)6)31(22,9)23(34)15-30(29,8)25(16)21/h10,16,18,21-22,24-26,35H,11-15H2,1-9H3/t16-,18+,21-,22-,24-,25-,26-,29-,30+,31-/m0/s1. The molecule has 0 radical (unpaired) electrons. The summed E-state index contributed by atoms with van der Waals surface area (Å²) in [5.74, 6) is 0.0768. The summed E-state index contributed by atoms with van der Waals surface area (Å²) in [7, 11) is 0. The van der Waals surface area contributed by atoms with Crippen molar-refractivity contribution in [3.8, 4) is 0 Å². The van der Waals surface area contributed by atoms with Crippen molar-refractivity contribution in [1.82, 2.24) is 0 Å². The van der Waals surface area contributed by atoms with Crippen molar-refractivity contribution >= 4 is 17.3 Å². The molecule has 5 rings (SSSR count). The van der Waals surface area contributed by atoms with E-state index in [0.717, 1.165) is 18.4 Å². The van der Waals surface area contributed by atoms with Crippen LogP contribution in [0.15, 0.2) is 11.6 Å². The number of allylic oxidation sites excluding steroid dienone is 1. The lowest BCUT2D eigenvalue weighted by Gasteiger charge is -2.64. The largest absolute Gasteiger partial charge is 0.384 e. The van der Waals surface area contributed by atoms with Crippen molar-refractivity contribution in [3.63, 3.8) is 0 Å². The van der Waals surface area contributed by atoms with E-state index >= 15 is 0 Å². The second-order valence-corrected chi connectivity index (χ2v) is 15.2. The molecule has 1 aliphatic heterocycles. The van der Waals surface area contributed by atoms with Crippen LogP contribution in [0.25, 0.3) is 0 Å². The summed E-state index contributed by atoms with van der Waals surface area (Å²) in [6, 6.07) is 0. The first kappa shape index (κ1) is 26.3. The van der Waals surface area contributed by atoms with E-state index in [4.69, 9.17) is 4.74 Å². The number of carbonyl (C=O) groups is 3. The first-order valence-corrected chi connectivity index (χ1v) is 14.0. The van der Waals surface area contributed by atoms with E-state index in [1.165, 1.54) is 0 Å². The number of fused-ring (bicyclic) bond motifs is 7. The normalized spacial score (nSPS) is 50.4. The van der Waals surface area contributed by atoms with Gasteiger partial charge in [-0.25, -0.2) is 0 Å². The molecule has 3 saturated carbocycles. The highest BCUT2D eigenvalue weighted by Gasteiger charge is 2.73. The van der Waals surface area contributed by atoms with Crippen LogP contribution >= 0.6 is 0 Å². The fourth-order valence-corrected chi connectivity index (χ4v) is 9.71. The molecule has 0 aromatic carbocycles. The van der Waals surface area contributed by atoms with Gasteiger partial charge in [0.15, 0.2) is 5.78 Å². The second-order valence-electron chi connectivity index (χ2n) is 15.2. The van der Waals surface area contributed by atoms with E-state index in [1.54, 1.807) is 0 Å². The summed E-state index contributed by atoms with van der Waals surface area (Å²) in [4.78, 5) is 40.8. The Morgan fingerprint density at radius 2 is 1.61 bits per heavy atom. The van der Waals surface area contributed by atoms with Gasteiger partial charge in [-0.15, -0.1) is 0 Å². The van der Waals surface area contributed by atoms with Gasteiger partial charge in [-0.05, 0) is 40.9 Å². The molecule has 1 saturated heterocycles. The predicted molar refractivity (Wildman–Crippen MR) is 138 cm³/mol. The minimum atomic E-state index is -1.02. The molecule has 5 aliphatic rings. The summed E-state index contributed by atoms with van der Waals surface area (Å²) in [5, 5.41) is 10.7. The van der Waals surface area contributed by atoms with Crippen molar-refractivity contribution < 1.29 is 24.2 Å². The zero-order valence-electron chi connectivity index (χ0n) is 23.7. The van der Waals surface area contributed by atoms with Gasteiger partial charge in [0, 0.05) is 41.9 Å². The van der Waals surface area contributed by atoms with Crippen LogP contribution in [-0.2, 0) is 19.1 Å². The Labute approximate surface area is 216 Å². The summed E-state index contributed by atoms with van der Waals surface area (Å²) >= 11 is 0. The highest BCUT2D eigenvalue weighted by atomic mass is 16.5. The number of hydrogen-bond donors (Lipinski definition) is 1. The van der Waals surface area contributed by atoms with Gasteiger partial charge in [-0.2, -0.15) is 0 Å². The third kappa shape index (κ3) is 3.11. The lowest BCUT2D eigenvalue weighted by molar-refractivity contribution is -0.173. The van der Waals surface area contributed by atoms with E-state index in [0.29, 0.717) is 12.8 Å². The van der Waals surface area contributed by atoms with Crippen molar-refractivity contribution in [3.05, 3.63) is 11.6 Å². The van der Waals surface area contributed by atoms with Gasteiger partial charge in [0.1, 0.15) is 17.7 Å². The summed E-state index contributed by atoms with van der Waals surface area (Å²) < 4.78 is 6.85. The Hall–Kier alpha value is -1.33. The van der Waals surface area contributed by atoms with Crippen LogP contribution in [0.3, 0.4) is 0 Å². The monoisotopic (exact) mass is 498 g/mol. The molecule has 0 aromatic heterocycles. The Morgan fingerprint density at radius 3 is 2.22 bits per heavy atom. The molecule has 0 aromatic rings. The number of carbonyl (C=O) groups excluding carboxylic acids is 3. The molecule has 0 unspecified atom stereocenters. The lowest BCUT2D eigenvalue weighted by Crippen LogP contribution is -2.64. The fourth-order valence-electron chi connectivity index (χ4n) is 9.71. The quantitative estimate of drug-likeness (QED) is 0.457. The van der Waals surface area contributed by atoms with E-state index in [2.05, 4.69) is 54.5 Å². The van der Waals surface area contributed by atoms with Gasteiger partial charge in [-0.3, -0.25) is 14.4 Å². The summed E-state index contributed by atoms with van der Waals surface area (Å²) in [5.41, 5.74) is -0.937. The smallest absolute Gasteiger partial charge is 0.162 e. The van der Waals surface area contributed by atoms with E-state index in [1.807, 2.05) is 13.8 Å². The van der Waals surface area contributed by atoms with E-state index in [9.17, 15) is 19.5 Å². The van der Waals surface area contributed by atoms with Crippen LogP contribution in [0.2, 0.25) is 0 Å². The molecule has 1 heterocycles. The van der Waals surface area contributed by atoms with E-state index in [-0.39, 0.29) is 75.9 Å². The molecular weight excluding hydrogens is 452 g/mol. The predicted octanol–water partition coefficient (Wildman–Crippen LogP) is 5.33. The lowest BCUT2D eigenvalue weighted by atomic mass is 9.38. The highest BCUT2D eigenvalue weighted by Crippen LogP contribution is 2.74. The van der Waals surface area contributed by atoms with E-state index < -0.39 is 16.9 Å². The molecule has 0 amide bonds. The molecule has 1 N–H and O–H groups in total. The summed E-state index contributed by atoms with van der Waals surface area (Å²) in [6.45, 7) is 19.1. The number of ketones is 3. The van der Waals surface area contributed by atoms with Crippen LogP contribution < -0.4 is 0 Å². The van der Waals surface area contributed by atoms with Crippen molar-refractivity contribution in [1.29, 1.82) is 0 Å². The maximum absolute atomic E-state index is 14.3. The molecule has 4 fully saturated rings. The molecule has 0 spiro atoms. The van der Waals surface area contributed by atoms with Crippen LogP contribution in [0.1, 0.15) is 94.4 Å². The number of aliphatic hydroxyl groups excluding tert-OH is 1. The Kier molecular flexibility index (Phi) is 5.56. The molecule has 36 heavy (non-hydrogen) atoms. The van der Waals surface area contributed by atoms with Crippen LogP contribution in [0, 0.1) is 50.7 Å². The Balaban J connectivity index is 1.62. The van der Waals surface area contributed by atoms with Crippen LogP contribution in [-0.4, -0.2) is 40.8 Å².